The van der Waals surface area contributed by atoms with Crippen molar-refractivity contribution in [3.05, 3.63) is 53.7 Å². The average Bonchev–Trinajstić information content (AvgIpc) is 3.03. The fourth-order valence-electron chi connectivity index (χ4n) is 2.32. The highest BCUT2D eigenvalue weighted by molar-refractivity contribution is 6.31. The summed E-state index contributed by atoms with van der Waals surface area (Å²) < 4.78 is 0. The number of H-pyrrole nitrogens is 1. The van der Waals surface area contributed by atoms with Gasteiger partial charge in [0, 0.05) is 47.3 Å². The third-order valence-corrected chi connectivity index (χ3v) is 3.66. The molecule has 0 saturated heterocycles. The molecule has 6 heteroatoms. The summed E-state index contributed by atoms with van der Waals surface area (Å²) in [5, 5.41) is 8.64. The van der Waals surface area contributed by atoms with Crippen LogP contribution in [-0.2, 0) is 6.54 Å². The smallest absolute Gasteiger partial charge is 0.0922 e. The van der Waals surface area contributed by atoms with Crippen LogP contribution >= 0.6 is 11.6 Å². The first-order valence-corrected chi connectivity index (χ1v) is 7.67. The SMILES string of the molecule is Clc1ccc2c(NCCCNCc3cnc[nH]3)ccnc2c1. The van der Waals surface area contributed by atoms with E-state index in [2.05, 4.69) is 25.6 Å². The molecule has 0 saturated carbocycles. The van der Waals surface area contributed by atoms with Crippen molar-refractivity contribution < 1.29 is 0 Å². The van der Waals surface area contributed by atoms with Gasteiger partial charge in [-0.1, -0.05) is 11.6 Å². The normalized spacial score (nSPS) is 11.0. The van der Waals surface area contributed by atoms with Gasteiger partial charge in [0.2, 0.25) is 0 Å². The molecular weight excluding hydrogens is 298 g/mol. The standard InChI is InChI=1S/C16H18ClN5/c17-12-2-3-14-15(4-7-21-16(14)8-12)20-6-1-5-18-9-13-10-19-11-22-13/h2-4,7-8,10-11,18H,1,5-6,9H2,(H,19,22)(H,20,21). The van der Waals surface area contributed by atoms with Gasteiger partial charge in [0.05, 0.1) is 11.8 Å². The maximum absolute atomic E-state index is 6.00. The molecule has 0 bridgehead atoms. The molecule has 0 aliphatic heterocycles. The summed E-state index contributed by atoms with van der Waals surface area (Å²) >= 11 is 6.00. The second-order valence-corrected chi connectivity index (χ2v) is 5.49. The van der Waals surface area contributed by atoms with E-state index in [0.717, 1.165) is 48.3 Å². The van der Waals surface area contributed by atoms with Crippen LogP contribution in [0.1, 0.15) is 12.1 Å². The number of rotatable bonds is 7. The van der Waals surface area contributed by atoms with Crippen molar-refractivity contribution in [2.75, 3.05) is 18.4 Å². The molecule has 114 valence electrons. The van der Waals surface area contributed by atoms with Crippen LogP contribution in [0.5, 0.6) is 0 Å². The second kappa shape index (κ2) is 7.24. The van der Waals surface area contributed by atoms with Crippen LogP contribution in [0.15, 0.2) is 43.0 Å². The highest BCUT2D eigenvalue weighted by Crippen LogP contribution is 2.24. The number of aromatic amines is 1. The zero-order chi connectivity index (χ0) is 15.2. The van der Waals surface area contributed by atoms with Crippen LogP contribution in [0.4, 0.5) is 5.69 Å². The molecule has 0 aliphatic rings. The van der Waals surface area contributed by atoms with Crippen LogP contribution < -0.4 is 10.6 Å². The predicted molar refractivity (Wildman–Crippen MR) is 90.2 cm³/mol. The van der Waals surface area contributed by atoms with Crippen molar-refractivity contribution in [2.45, 2.75) is 13.0 Å². The number of pyridine rings is 1. The van der Waals surface area contributed by atoms with Crippen molar-refractivity contribution in [3.8, 4) is 0 Å². The summed E-state index contributed by atoms with van der Waals surface area (Å²) in [6.45, 7) is 2.66. The summed E-state index contributed by atoms with van der Waals surface area (Å²) in [7, 11) is 0. The second-order valence-electron chi connectivity index (χ2n) is 5.05. The van der Waals surface area contributed by atoms with Crippen LogP contribution in [0.2, 0.25) is 5.02 Å². The molecule has 3 aromatic rings. The lowest BCUT2D eigenvalue weighted by atomic mass is 10.2. The van der Waals surface area contributed by atoms with Gasteiger partial charge in [0.25, 0.3) is 0 Å². The number of hydrogen-bond donors (Lipinski definition) is 3. The van der Waals surface area contributed by atoms with Gasteiger partial charge in [-0.2, -0.15) is 0 Å². The zero-order valence-electron chi connectivity index (χ0n) is 12.1. The van der Waals surface area contributed by atoms with Crippen LogP contribution in [-0.4, -0.2) is 28.0 Å². The Kier molecular flexibility index (Phi) is 4.88. The van der Waals surface area contributed by atoms with Gasteiger partial charge < -0.3 is 15.6 Å². The number of benzene rings is 1. The Hall–Kier alpha value is -2.11. The lowest BCUT2D eigenvalue weighted by Gasteiger charge is -2.10. The van der Waals surface area contributed by atoms with E-state index in [1.165, 1.54) is 0 Å². The molecule has 5 nitrogen and oxygen atoms in total. The van der Waals surface area contributed by atoms with Crippen LogP contribution in [0, 0.1) is 0 Å². The van der Waals surface area contributed by atoms with Crippen LogP contribution in [0.25, 0.3) is 10.9 Å². The Morgan fingerprint density at radius 3 is 3.00 bits per heavy atom. The first kappa shape index (κ1) is 14.8. The van der Waals surface area contributed by atoms with Crippen molar-refractivity contribution in [3.63, 3.8) is 0 Å². The molecule has 2 aromatic heterocycles. The molecule has 0 radical (unpaired) electrons. The highest BCUT2D eigenvalue weighted by Gasteiger charge is 2.02. The number of nitrogens with one attached hydrogen (secondary N) is 3. The number of hydrogen-bond acceptors (Lipinski definition) is 4. The maximum Gasteiger partial charge on any atom is 0.0922 e. The minimum absolute atomic E-state index is 0.708. The lowest BCUT2D eigenvalue weighted by molar-refractivity contribution is 0.655. The van der Waals surface area contributed by atoms with E-state index in [4.69, 9.17) is 11.6 Å². The summed E-state index contributed by atoms with van der Waals surface area (Å²) in [5.74, 6) is 0. The molecule has 0 unspecified atom stereocenters. The van der Waals surface area contributed by atoms with E-state index < -0.39 is 0 Å². The van der Waals surface area contributed by atoms with Gasteiger partial charge in [-0.05, 0) is 37.2 Å². The highest BCUT2D eigenvalue weighted by atomic mass is 35.5. The Balaban J connectivity index is 1.47. The minimum Gasteiger partial charge on any atom is -0.384 e. The molecule has 3 N–H and O–H groups in total. The molecule has 0 spiro atoms. The van der Waals surface area contributed by atoms with Crippen LogP contribution in [0.3, 0.4) is 0 Å². The molecule has 22 heavy (non-hydrogen) atoms. The lowest BCUT2D eigenvalue weighted by Crippen LogP contribution is -2.17. The Labute approximate surface area is 134 Å². The number of anilines is 1. The number of nitrogens with zero attached hydrogens (tertiary/aromatic N) is 2. The minimum atomic E-state index is 0.708. The summed E-state index contributed by atoms with van der Waals surface area (Å²) in [6.07, 6.45) is 6.36. The monoisotopic (exact) mass is 315 g/mol. The molecule has 2 heterocycles. The summed E-state index contributed by atoms with van der Waals surface area (Å²) in [5.41, 5.74) is 3.11. The van der Waals surface area contributed by atoms with E-state index in [9.17, 15) is 0 Å². The molecule has 0 fully saturated rings. The number of aromatic nitrogens is 3. The maximum atomic E-state index is 6.00. The van der Waals surface area contributed by atoms with Crippen molar-refractivity contribution in [1.82, 2.24) is 20.3 Å². The van der Waals surface area contributed by atoms with Gasteiger partial charge in [0.1, 0.15) is 0 Å². The zero-order valence-corrected chi connectivity index (χ0v) is 12.9. The van der Waals surface area contributed by atoms with Gasteiger partial charge >= 0.3 is 0 Å². The number of fused-ring (bicyclic) bond motifs is 1. The van der Waals surface area contributed by atoms with Gasteiger partial charge in [0.15, 0.2) is 0 Å². The molecular formula is C16H18ClN5. The molecule has 0 amide bonds. The fourth-order valence-corrected chi connectivity index (χ4v) is 2.48. The summed E-state index contributed by atoms with van der Waals surface area (Å²) in [6, 6.07) is 7.77. The van der Waals surface area contributed by atoms with Gasteiger partial charge in [-0.3, -0.25) is 4.98 Å². The van der Waals surface area contributed by atoms with Gasteiger partial charge in [-0.25, -0.2) is 4.98 Å². The first-order chi connectivity index (χ1) is 10.8. The van der Waals surface area contributed by atoms with E-state index in [1.54, 1.807) is 12.5 Å². The van der Waals surface area contributed by atoms with E-state index in [1.807, 2.05) is 30.5 Å². The predicted octanol–water partition coefficient (Wildman–Crippen LogP) is 3.20. The van der Waals surface area contributed by atoms with E-state index >= 15 is 0 Å². The topological polar surface area (TPSA) is 65.6 Å². The average molecular weight is 316 g/mol. The Morgan fingerprint density at radius 1 is 1.18 bits per heavy atom. The van der Waals surface area contributed by atoms with E-state index in [-0.39, 0.29) is 0 Å². The Bertz CT molecular complexity index is 726. The molecule has 0 aliphatic carbocycles. The van der Waals surface area contributed by atoms with Gasteiger partial charge in [-0.15, -0.1) is 0 Å². The van der Waals surface area contributed by atoms with Crippen molar-refractivity contribution >= 4 is 28.2 Å². The van der Waals surface area contributed by atoms with E-state index in [0.29, 0.717) is 5.02 Å². The molecule has 1 aromatic carbocycles. The third kappa shape index (κ3) is 3.75. The fraction of sp³-hybridized carbons (Fsp3) is 0.250. The summed E-state index contributed by atoms with van der Waals surface area (Å²) in [4.78, 5) is 11.4. The molecule has 0 atom stereocenters. The largest absolute Gasteiger partial charge is 0.384 e. The van der Waals surface area contributed by atoms with Crippen molar-refractivity contribution in [1.29, 1.82) is 0 Å². The Morgan fingerprint density at radius 2 is 2.14 bits per heavy atom. The number of halogens is 1. The number of imidazole rings is 1. The third-order valence-electron chi connectivity index (χ3n) is 3.42. The first-order valence-electron chi connectivity index (χ1n) is 7.29. The quantitative estimate of drug-likeness (QED) is 0.586. The van der Waals surface area contributed by atoms with Crippen molar-refractivity contribution in [2.24, 2.45) is 0 Å². The molecule has 3 rings (SSSR count).